The van der Waals surface area contributed by atoms with E-state index in [0.29, 0.717) is 11.3 Å². The summed E-state index contributed by atoms with van der Waals surface area (Å²) in [6.45, 7) is 0. The minimum Gasteiger partial charge on any atom is -0.496 e. The number of nitrogens with zero attached hydrogens (tertiary/aromatic N) is 1. The molecule has 0 fully saturated rings. The lowest BCUT2D eigenvalue weighted by atomic mass is 10.2. The highest BCUT2D eigenvalue weighted by atomic mass is 32.1. The maximum absolute atomic E-state index is 12.8. The first kappa shape index (κ1) is 20.8. The summed E-state index contributed by atoms with van der Waals surface area (Å²) in [5, 5.41) is 1.15. The molecule has 0 radical (unpaired) electrons. The fourth-order valence-electron chi connectivity index (χ4n) is 2.18. The monoisotopic (exact) mass is 435 g/mol. The Morgan fingerprint density at radius 3 is 2.00 bits per heavy atom. The number of hydrogen-bond acceptors (Lipinski definition) is 5. The summed E-state index contributed by atoms with van der Waals surface area (Å²) in [6.07, 6.45) is -9.06. The van der Waals surface area contributed by atoms with Crippen molar-refractivity contribution in [3.8, 4) is 29.0 Å². The average Bonchev–Trinajstić information content (AvgIpc) is 3.10. The van der Waals surface area contributed by atoms with Crippen LogP contribution >= 0.6 is 11.3 Å². The van der Waals surface area contributed by atoms with Crippen molar-refractivity contribution in [3.05, 3.63) is 58.3 Å². The Kier molecular flexibility index (Phi) is 5.60. The minimum atomic E-state index is -4.55. The van der Waals surface area contributed by atoms with Crippen molar-refractivity contribution < 1.29 is 40.6 Å². The van der Waals surface area contributed by atoms with Gasteiger partial charge in [-0.15, -0.1) is 11.3 Å². The minimum absolute atomic E-state index is 0.104. The summed E-state index contributed by atoms with van der Waals surface area (Å²) in [5.41, 5.74) is -0.910. The van der Waals surface area contributed by atoms with Crippen LogP contribution in [0.15, 0.2) is 47.8 Å². The fraction of sp³-hybridized carbons (Fsp3) is 0.167. The van der Waals surface area contributed by atoms with Crippen LogP contribution in [0.4, 0.5) is 26.3 Å². The molecule has 29 heavy (non-hydrogen) atoms. The highest BCUT2D eigenvalue weighted by Gasteiger charge is 2.33. The summed E-state index contributed by atoms with van der Waals surface area (Å²) < 4.78 is 92.3. The molecule has 3 rings (SSSR count). The number of thiophene rings is 1. The molecule has 154 valence electrons. The number of methoxy groups -OCH3 is 1. The van der Waals surface area contributed by atoms with Crippen LogP contribution in [-0.2, 0) is 12.4 Å². The van der Waals surface area contributed by atoms with Crippen molar-refractivity contribution in [2.45, 2.75) is 12.4 Å². The predicted molar refractivity (Wildman–Crippen MR) is 91.7 cm³/mol. The Labute approximate surface area is 164 Å². The molecule has 0 atom stereocenters. The molecule has 0 aliphatic carbocycles. The van der Waals surface area contributed by atoms with E-state index in [0.717, 1.165) is 23.6 Å². The van der Waals surface area contributed by atoms with E-state index in [1.807, 2.05) is 0 Å². The molecule has 0 saturated heterocycles. The molecule has 0 aliphatic heterocycles. The Hall–Kier alpha value is -2.95. The van der Waals surface area contributed by atoms with E-state index in [-0.39, 0.29) is 29.0 Å². The molecule has 2 heterocycles. The van der Waals surface area contributed by atoms with Crippen molar-refractivity contribution in [1.29, 1.82) is 0 Å². The molecule has 1 aromatic carbocycles. The lowest BCUT2D eigenvalue weighted by Crippen LogP contribution is -2.04. The summed E-state index contributed by atoms with van der Waals surface area (Å²) in [7, 11) is 1.32. The number of alkyl halides is 6. The molecule has 0 spiro atoms. The fourth-order valence-corrected chi connectivity index (χ4v) is 2.86. The van der Waals surface area contributed by atoms with Gasteiger partial charge in [-0.3, -0.25) is 0 Å². The molecule has 0 aliphatic rings. The zero-order valence-electron chi connectivity index (χ0n) is 14.5. The first-order valence-corrected chi connectivity index (χ1v) is 8.67. The molecular formula is C18H11F6NO3S. The van der Waals surface area contributed by atoms with Gasteiger partial charge in [-0.25, -0.2) is 0 Å². The Bertz CT molecular complexity index is 1000. The van der Waals surface area contributed by atoms with Gasteiger partial charge in [0.2, 0.25) is 11.8 Å². The van der Waals surface area contributed by atoms with Gasteiger partial charge >= 0.3 is 12.4 Å². The standard InChI is InChI=1S/C18H11F6NO3S/c1-26-12-7-15(27-11-4-2-3-10(5-11)17(19,20)21)25-16(8-12)28-13-6-14(29-9-13)18(22,23)24/h2-9H,1H3. The lowest BCUT2D eigenvalue weighted by Gasteiger charge is -2.11. The van der Waals surface area contributed by atoms with Gasteiger partial charge in [0, 0.05) is 23.6 Å². The van der Waals surface area contributed by atoms with Crippen molar-refractivity contribution in [2.75, 3.05) is 7.11 Å². The zero-order chi connectivity index (χ0) is 21.2. The Morgan fingerprint density at radius 1 is 0.793 bits per heavy atom. The molecule has 0 N–H and O–H groups in total. The van der Waals surface area contributed by atoms with Gasteiger partial charge in [-0.05, 0) is 18.2 Å². The molecule has 3 aromatic rings. The topological polar surface area (TPSA) is 40.6 Å². The van der Waals surface area contributed by atoms with Gasteiger partial charge in [0.05, 0.1) is 12.7 Å². The zero-order valence-corrected chi connectivity index (χ0v) is 15.3. The van der Waals surface area contributed by atoms with Crippen molar-refractivity contribution >= 4 is 11.3 Å². The van der Waals surface area contributed by atoms with Crippen LogP contribution in [-0.4, -0.2) is 12.1 Å². The molecule has 0 amide bonds. The number of rotatable bonds is 5. The van der Waals surface area contributed by atoms with Gasteiger partial charge < -0.3 is 14.2 Å². The SMILES string of the molecule is COc1cc(Oc2cccc(C(F)(F)F)c2)nc(Oc2csc(C(F)(F)F)c2)c1. The molecule has 2 aromatic heterocycles. The summed E-state index contributed by atoms with van der Waals surface area (Å²) >= 11 is 0.450. The van der Waals surface area contributed by atoms with Crippen LogP contribution in [0.2, 0.25) is 0 Å². The first-order valence-electron chi connectivity index (χ1n) is 7.79. The number of pyridine rings is 1. The number of ether oxygens (including phenoxy) is 3. The average molecular weight is 435 g/mol. The van der Waals surface area contributed by atoms with Crippen LogP contribution < -0.4 is 14.2 Å². The quantitative estimate of drug-likeness (QED) is 0.415. The van der Waals surface area contributed by atoms with Crippen LogP contribution in [0.5, 0.6) is 29.0 Å². The molecule has 0 bridgehead atoms. The van der Waals surface area contributed by atoms with E-state index >= 15 is 0 Å². The number of hydrogen-bond donors (Lipinski definition) is 0. The first-order chi connectivity index (χ1) is 13.5. The second-order valence-corrected chi connectivity index (χ2v) is 6.47. The smallest absolute Gasteiger partial charge is 0.425 e. The van der Waals surface area contributed by atoms with Crippen LogP contribution in [0, 0.1) is 0 Å². The predicted octanol–water partition coefficient (Wildman–Crippen LogP) is 6.77. The summed E-state index contributed by atoms with van der Waals surface area (Å²) in [6, 6.07) is 7.53. The molecule has 0 unspecified atom stereocenters. The van der Waals surface area contributed by atoms with Gasteiger partial charge in [-0.1, -0.05) is 6.07 Å². The third-order valence-corrected chi connectivity index (χ3v) is 4.40. The third kappa shape index (κ3) is 5.31. The van der Waals surface area contributed by atoms with Crippen LogP contribution in [0.1, 0.15) is 10.4 Å². The van der Waals surface area contributed by atoms with E-state index in [2.05, 4.69) is 4.98 Å². The molecule has 11 heteroatoms. The van der Waals surface area contributed by atoms with Crippen LogP contribution in [0.3, 0.4) is 0 Å². The summed E-state index contributed by atoms with van der Waals surface area (Å²) in [4.78, 5) is 3.10. The Morgan fingerprint density at radius 2 is 1.45 bits per heavy atom. The van der Waals surface area contributed by atoms with E-state index in [1.54, 1.807) is 0 Å². The second-order valence-electron chi connectivity index (χ2n) is 5.56. The van der Waals surface area contributed by atoms with Crippen molar-refractivity contribution in [3.63, 3.8) is 0 Å². The second kappa shape index (κ2) is 7.82. The molecular weight excluding hydrogens is 424 g/mol. The molecule has 4 nitrogen and oxygen atoms in total. The van der Waals surface area contributed by atoms with Gasteiger partial charge in [0.1, 0.15) is 22.1 Å². The van der Waals surface area contributed by atoms with Crippen LogP contribution in [0.25, 0.3) is 0 Å². The van der Waals surface area contributed by atoms with E-state index in [9.17, 15) is 26.3 Å². The van der Waals surface area contributed by atoms with E-state index in [1.165, 1.54) is 31.4 Å². The lowest BCUT2D eigenvalue weighted by molar-refractivity contribution is -0.137. The maximum atomic E-state index is 12.8. The van der Waals surface area contributed by atoms with Gasteiger partial charge in [0.25, 0.3) is 0 Å². The molecule has 0 saturated carbocycles. The third-order valence-electron chi connectivity index (χ3n) is 3.45. The van der Waals surface area contributed by atoms with Gasteiger partial charge in [0.15, 0.2) is 0 Å². The van der Waals surface area contributed by atoms with Crippen molar-refractivity contribution in [2.24, 2.45) is 0 Å². The van der Waals surface area contributed by atoms with E-state index < -0.39 is 22.8 Å². The number of halogens is 6. The normalized spacial score (nSPS) is 12.0. The number of benzene rings is 1. The highest BCUT2D eigenvalue weighted by molar-refractivity contribution is 7.10. The van der Waals surface area contributed by atoms with Crippen molar-refractivity contribution in [1.82, 2.24) is 4.98 Å². The largest absolute Gasteiger partial charge is 0.496 e. The van der Waals surface area contributed by atoms with Gasteiger partial charge in [-0.2, -0.15) is 31.3 Å². The maximum Gasteiger partial charge on any atom is 0.425 e. The summed E-state index contributed by atoms with van der Waals surface area (Å²) in [5.74, 6) is -0.374. The highest BCUT2D eigenvalue weighted by Crippen LogP contribution is 2.39. The number of aromatic nitrogens is 1. The van der Waals surface area contributed by atoms with E-state index in [4.69, 9.17) is 14.2 Å². The Balaban J connectivity index is 1.85.